The van der Waals surface area contributed by atoms with Gasteiger partial charge in [0, 0.05) is 12.6 Å². The van der Waals surface area contributed by atoms with Crippen molar-refractivity contribution >= 4 is 18.2 Å². The number of carbonyl (C=O) groups is 1. The Morgan fingerprint density at radius 3 is 2.61 bits per heavy atom. The molecule has 0 spiro atoms. The van der Waals surface area contributed by atoms with Gasteiger partial charge in [-0.25, -0.2) is 4.79 Å². The second-order valence-corrected chi connectivity index (χ2v) is 5.43. The van der Waals surface area contributed by atoms with E-state index in [1.165, 1.54) is 4.73 Å². The fraction of sp³-hybridized carbons (Fsp3) is 0.222. The number of aromatic nitrogens is 1. The third kappa shape index (κ3) is 4.79. The van der Waals surface area contributed by atoms with Crippen LogP contribution < -0.4 is 4.84 Å². The summed E-state index contributed by atoms with van der Waals surface area (Å²) in [6, 6.07) is 14.3. The normalized spacial score (nSPS) is 12.9. The molecule has 0 radical (unpaired) electrons. The van der Waals surface area contributed by atoms with Gasteiger partial charge < -0.3 is 9.57 Å². The van der Waals surface area contributed by atoms with E-state index in [4.69, 9.17) is 21.8 Å². The molecule has 1 aromatic heterocycles. The monoisotopic (exact) mass is 329 g/mol. The summed E-state index contributed by atoms with van der Waals surface area (Å²) in [6.07, 6.45) is 3.08. The number of esters is 1. The first-order chi connectivity index (χ1) is 11.1. The number of hydrogen-bond donors (Lipinski definition) is 0. The maximum absolute atomic E-state index is 12.2. The summed E-state index contributed by atoms with van der Waals surface area (Å²) in [5.41, 5.74) is 0.505. The molecule has 0 aliphatic heterocycles. The largest absolute Gasteiger partial charge is 0.454 e. The van der Waals surface area contributed by atoms with Crippen molar-refractivity contribution in [3.63, 3.8) is 0 Å². The van der Waals surface area contributed by atoms with Crippen LogP contribution >= 0.6 is 12.2 Å². The highest BCUT2D eigenvalue weighted by molar-refractivity contribution is 7.71. The lowest BCUT2D eigenvalue weighted by molar-refractivity contribution is -0.0501. The molecule has 2 aromatic rings. The second-order valence-electron chi connectivity index (χ2n) is 5.01. The number of pyridine rings is 1. The molecule has 0 saturated heterocycles. The fourth-order valence-electron chi connectivity index (χ4n) is 2.03. The Kier molecular flexibility index (Phi) is 6.11. The van der Waals surface area contributed by atoms with Gasteiger partial charge in [-0.2, -0.15) is 4.73 Å². The van der Waals surface area contributed by atoms with Crippen molar-refractivity contribution in [1.82, 2.24) is 4.73 Å². The van der Waals surface area contributed by atoms with Crippen molar-refractivity contribution < 1.29 is 14.4 Å². The molecule has 0 bridgehead atoms. The van der Waals surface area contributed by atoms with Crippen molar-refractivity contribution in [2.45, 2.75) is 25.6 Å². The van der Waals surface area contributed by atoms with Gasteiger partial charge in [0.25, 0.3) is 0 Å². The lowest BCUT2D eigenvalue weighted by Gasteiger charge is -2.24. The van der Waals surface area contributed by atoms with Gasteiger partial charge >= 0.3 is 5.97 Å². The predicted octanol–water partition coefficient (Wildman–Crippen LogP) is 3.84. The van der Waals surface area contributed by atoms with E-state index in [0.717, 1.165) is 0 Å². The Morgan fingerprint density at radius 1 is 1.26 bits per heavy atom. The molecule has 23 heavy (non-hydrogen) atoms. The summed E-state index contributed by atoms with van der Waals surface area (Å²) >= 11 is 5.20. The van der Waals surface area contributed by atoms with Gasteiger partial charge in [0.2, 0.25) is 0 Å². The average Bonchev–Trinajstić information content (AvgIpc) is 2.57. The van der Waals surface area contributed by atoms with E-state index in [9.17, 15) is 4.79 Å². The zero-order valence-electron chi connectivity index (χ0n) is 12.9. The highest BCUT2D eigenvalue weighted by atomic mass is 32.1. The number of benzene rings is 1. The minimum Gasteiger partial charge on any atom is -0.454 e. The summed E-state index contributed by atoms with van der Waals surface area (Å²) in [5, 5.41) is 0. The first-order valence-electron chi connectivity index (χ1n) is 7.33. The summed E-state index contributed by atoms with van der Waals surface area (Å²) in [5.74, 6) is -0.385. The molecule has 2 atom stereocenters. The molecular weight excluding hydrogens is 310 g/mol. The number of carbonyl (C=O) groups excluding carboxylic acids is 1. The summed E-state index contributed by atoms with van der Waals surface area (Å²) < 4.78 is 7.61. The second kappa shape index (κ2) is 8.29. The minimum absolute atomic E-state index is 0.380. The lowest BCUT2D eigenvalue weighted by Crippen LogP contribution is -2.37. The first-order valence-corrected chi connectivity index (χ1v) is 7.74. The van der Waals surface area contributed by atoms with E-state index in [0.29, 0.717) is 16.6 Å². The molecule has 0 saturated carbocycles. The SMILES string of the molecule is C=CC[C@H](OC(=O)c1ccccc1)[C@H](C)On1ccccc1=S. The topological polar surface area (TPSA) is 40.5 Å². The van der Waals surface area contributed by atoms with Crippen LogP contribution in [-0.2, 0) is 4.74 Å². The Labute approximate surface area is 140 Å². The first kappa shape index (κ1) is 17.0. The molecule has 0 unspecified atom stereocenters. The number of rotatable bonds is 7. The minimum atomic E-state index is -0.456. The van der Waals surface area contributed by atoms with Crippen molar-refractivity contribution in [1.29, 1.82) is 0 Å². The van der Waals surface area contributed by atoms with Crippen LogP contribution in [0.25, 0.3) is 0 Å². The van der Waals surface area contributed by atoms with Gasteiger partial charge in [-0.15, -0.1) is 6.58 Å². The summed E-state index contributed by atoms with van der Waals surface area (Å²) in [4.78, 5) is 18.0. The van der Waals surface area contributed by atoms with E-state index in [1.54, 1.807) is 42.6 Å². The Balaban J connectivity index is 2.08. The number of nitrogens with zero attached hydrogens (tertiary/aromatic N) is 1. The number of ether oxygens (including phenoxy) is 1. The molecule has 0 aliphatic carbocycles. The van der Waals surface area contributed by atoms with E-state index >= 15 is 0 Å². The van der Waals surface area contributed by atoms with E-state index in [1.807, 2.05) is 25.1 Å². The predicted molar refractivity (Wildman–Crippen MR) is 91.8 cm³/mol. The smallest absolute Gasteiger partial charge is 0.338 e. The molecule has 0 fully saturated rings. The van der Waals surface area contributed by atoms with E-state index in [-0.39, 0.29) is 12.1 Å². The van der Waals surface area contributed by atoms with Crippen LogP contribution in [0.4, 0.5) is 0 Å². The standard InChI is InChI=1S/C18H19NO3S/c1-3-9-16(21-18(20)15-10-5-4-6-11-15)14(2)22-19-13-8-7-12-17(19)23/h3-8,10-14,16H,1,9H2,2H3/t14-,16-/m0/s1. The maximum atomic E-state index is 12.2. The van der Waals surface area contributed by atoms with Gasteiger partial charge in [0.1, 0.15) is 10.7 Å². The third-order valence-electron chi connectivity index (χ3n) is 3.26. The van der Waals surface area contributed by atoms with E-state index < -0.39 is 6.10 Å². The molecule has 0 N–H and O–H groups in total. The van der Waals surface area contributed by atoms with Crippen LogP contribution in [0.1, 0.15) is 23.7 Å². The zero-order valence-corrected chi connectivity index (χ0v) is 13.7. The van der Waals surface area contributed by atoms with Crippen LogP contribution in [0, 0.1) is 4.64 Å². The van der Waals surface area contributed by atoms with Crippen molar-refractivity contribution in [3.05, 3.63) is 77.6 Å². The molecule has 0 aliphatic rings. The van der Waals surface area contributed by atoms with Crippen molar-refractivity contribution in [2.75, 3.05) is 0 Å². The van der Waals surface area contributed by atoms with Gasteiger partial charge in [0.15, 0.2) is 6.10 Å². The lowest BCUT2D eigenvalue weighted by atomic mass is 10.1. The fourth-order valence-corrected chi connectivity index (χ4v) is 2.21. The molecule has 1 aromatic carbocycles. The Morgan fingerprint density at radius 2 is 1.96 bits per heavy atom. The summed E-state index contributed by atoms with van der Waals surface area (Å²) in [7, 11) is 0. The van der Waals surface area contributed by atoms with E-state index in [2.05, 4.69) is 6.58 Å². The summed E-state index contributed by atoms with van der Waals surface area (Å²) in [6.45, 7) is 5.55. The molecular formula is C18H19NO3S. The number of hydrogen-bond acceptors (Lipinski definition) is 4. The highest BCUT2D eigenvalue weighted by Crippen LogP contribution is 2.12. The van der Waals surface area contributed by atoms with Crippen LogP contribution in [0.3, 0.4) is 0 Å². The van der Waals surface area contributed by atoms with Crippen LogP contribution in [-0.4, -0.2) is 22.9 Å². The zero-order chi connectivity index (χ0) is 16.7. The molecule has 1 heterocycles. The van der Waals surface area contributed by atoms with Crippen molar-refractivity contribution in [2.24, 2.45) is 0 Å². The molecule has 0 amide bonds. The molecule has 2 rings (SSSR count). The quantitative estimate of drug-likeness (QED) is 0.440. The average molecular weight is 329 g/mol. The van der Waals surface area contributed by atoms with Crippen molar-refractivity contribution in [3.8, 4) is 0 Å². The van der Waals surface area contributed by atoms with Crippen LogP contribution in [0.5, 0.6) is 0 Å². The van der Waals surface area contributed by atoms with Crippen LogP contribution in [0.2, 0.25) is 0 Å². The Hall–Kier alpha value is -2.40. The molecule has 4 nitrogen and oxygen atoms in total. The van der Waals surface area contributed by atoms with Gasteiger partial charge in [0.05, 0.1) is 5.56 Å². The van der Waals surface area contributed by atoms with Gasteiger partial charge in [-0.3, -0.25) is 0 Å². The molecule has 120 valence electrons. The van der Waals surface area contributed by atoms with Crippen LogP contribution in [0.15, 0.2) is 67.4 Å². The Bertz CT molecular complexity index is 711. The highest BCUT2D eigenvalue weighted by Gasteiger charge is 2.23. The molecule has 5 heteroatoms. The maximum Gasteiger partial charge on any atom is 0.338 e. The van der Waals surface area contributed by atoms with Gasteiger partial charge in [-0.1, -0.05) is 42.6 Å². The van der Waals surface area contributed by atoms with Gasteiger partial charge in [-0.05, 0) is 31.2 Å². The third-order valence-corrected chi connectivity index (χ3v) is 3.57.